The van der Waals surface area contributed by atoms with Crippen molar-refractivity contribution < 1.29 is 13.2 Å². The number of aryl methyl sites for hydroxylation is 1. The average Bonchev–Trinajstić information content (AvgIpc) is 2.53. The summed E-state index contributed by atoms with van der Waals surface area (Å²) < 4.78 is 28.7. The van der Waals surface area contributed by atoms with Gasteiger partial charge in [0.1, 0.15) is 16.5 Å². The van der Waals surface area contributed by atoms with Crippen LogP contribution in [0.5, 0.6) is 5.75 Å². The first kappa shape index (κ1) is 17.3. The van der Waals surface area contributed by atoms with E-state index in [0.29, 0.717) is 5.82 Å². The normalized spacial score (nSPS) is 12.7. The van der Waals surface area contributed by atoms with Crippen LogP contribution in [-0.4, -0.2) is 32.8 Å². The van der Waals surface area contributed by atoms with Crippen molar-refractivity contribution in [2.75, 3.05) is 18.7 Å². The van der Waals surface area contributed by atoms with Gasteiger partial charge in [0.15, 0.2) is 9.84 Å². The van der Waals surface area contributed by atoms with E-state index in [9.17, 15) is 8.42 Å². The van der Waals surface area contributed by atoms with Crippen LogP contribution in [0.1, 0.15) is 18.9 Å². The quantitative estimate of drug-likeness (QED) is 0.843. The van der Waals surface area contributed by atoms with E-state index in [4.69, 9.17) is 4.74 Å². The van der Waals surface area contributed by atoms with E-state index in [1.165, 1.54) is 11.8 Å². The number of pyridine rings is 1. The van der Waals surface area contributed by atoms with Gasteiger partial charge in [0.25, 0.3) is 0 Å². The SMILES string of the molecule is COc1ccc(CCC(C)Nc2ncccc2S(C)(=O)=O)cc1. The molecule has 0 fully saturated rings. The number of rotatable bonds is 7. The minimum absolute atomic E-state index is 0.104. The molecule has 0 aliphatic rings. The van der Waals surface area contributed by atoms with Gasteiger partial charge < -0.3 is 10.1 Å². The van der Waals surface area contributed by atoms with Gasteiger partial charge in [0.05, 0.1) is 7.11 Å². The fraction of sp³-hybridized carbons (Fsp3) is 0.353. The Morgan fingerprint density at radius 2 is 1.91 bits per heavy atom. The summed E-state index contributed by atoms with van der Waals surface area (Å²) in [5.74, 6) is 1.25. The standard InChI is InChI=1S/C17H22N2O3S/c1-13(6-7-14-8-10-15(22-2)11-9-14)19-17-16(23(3,20)21)5-4-12-18-17/h4-5,8-13H,6-7H2,1-3H3,(H,18,19). The van der Waals surface area contributed by atoms with E-state index >= 15 is 0 Å². The Labute approximate surface area is 137 Å². The number of nitrogens with zero attached hydrogens (tertiary/aromatic N) is 1. The van der Waals surface area contributed by atoms with E-state index in [0.717, 1.165) is 18.6 Å². The summed E-state index contributed by atoms with van der Waals surface area (Å²) in [6, 6.07) is 11.3. The zero-order valence-electron chi connectivity index (χ0n) is 13.6. The Kier molecular flexibility index (Phi) is 5.60. The van der Waals surface area contributed by atoms with Crippen molar-refractivity contribution in [1.82, 2.24) is 4.98 Å². The molecular weight excluding hydrogens is 312 g/mol. The molecule has 0 spiro atoms. The minimum Gasteiger partial charge on any atom is -0.497 e. The lowest BCUT2D eigenvalue weighted by Crippen LogP contribution is -2.19. The van der Waals surface area contributed by atoms with Gasteiger partial charge in [-0.25, -0.2) is 13.4 Å². The van der Waals surface area contributed by atoms with Gasteiger partial charge in [-0.1, -0.05) is 12.1 Å². The van der Waals surface area contributed by atoms with Crippen LogP contribution < -0.4 is 10.1 Å². The maximum absolute atomic E-state index is 11.8. The van der Waals surface area contributed by atoms with Crippen LogP contribution in [0, 0.1) is 0 Å². The molecule has 5 nitrogen and oxygen atoms in total. The number of anilines is 1. The third kappa shape index (κ3) is 4.96. The van der Waals surface area contributed by atoms with E-state index in [1.54, 1.807) is 25.4 Å². The first-order valence-electron chi connectivity index (χ1n) is 7.44. The predicted molar refractivity (Wildman–Crippen MR) is 91.7 cm³/mol. The molecule has 0 aliphatic carbocycles. The van der Waals surface area contributed by atoms with Crippen LogP contribution in [0.25, 0.3) is 0 Å². The van der Waals surface area contributed by atoms with Crippen molar-refractivity contribution >= 4 is 15.7 Å². The van der Waals surface area contributed by atoms with Gasteiger partial charge in [0.2, 0.25) is 0 Å². The lowest BCUT2D eigenvalue weighted by molar-refractivity contribution is 0.414. The maximum Gasteiger partial charge on any atom is 0.179 e. The highest BCUT2D eigenvalue weighted by atomic mass is 32.2. The highest BCUT2D eigenvalue weighted by Crippen LogP contribution is 2.20. The van der Waals surface area contributed by atoms with Gasteiger partial charge in [-0.05, 0) is 49.6 Å². The van der Waals surface area contributed by atoms with Crippen molar-refractivity contribution in [3.63, 3.8) is 0 Å². The first-order valence-corrected chi connectivity index (χ1v) is 9.34. The highest BCUT2D eigenvalue weighted by molar-refractivity contribution is 7.90. The molecule has 1 N–H and O–H groups in total. The van der Waals surface area contributed by atoms with Crippen molar-refractivity contribution in [3.8, 4) is 5.75 Å². The van der Waals surface area contributed by atoms with Crippen molar-refractivity contribution in [2.45, 2.75) is 30.7 Å². The van der Waals surface area contributed by atoms with E-state index in [-0.39, 0.29) is 10.9 Å². The van der Waals surface area contributed by atoms with Crippen molar-refractivity contribution in [3.05, 3.63) is 48.2 Å². The predicted octanol–water partition coefficient (Wildman–Crippen LogP) is 2.93. The number of nitrogens with one attached hydrogen (secondary N) is 1. The molecule has 23 heavy (non-hydrogen) atoms. The monoisotopic (exact) mass is 334 g/mol. The molecule has 1 atom stereocenters. The topological polar surface area (TPSA) is 68.3 Å². The number of methoxy groups -OCH3 is 1. The number of aromatic nitrogens is 1. The molecule has 2 aromatic rings. The number of hydrogen-bond donors (Lipinski definition) is 1. The Morgan fingerprint density at radius 3 is 2.52 bits per heavy atom. The molecule has 6 heteroatoms. The van der Waals surface area contributed by atoms with Gasteiger partial charge in [-0.15, -0.1) is 0 Å². The molecule has 0 radical (unpaired) electrons. The third-order valence-corrected chi connectivity index (χ3v) is 4.71. The summed E-state index contributed by atoms with van der Waals surface area (Å²) in [5, 5.41) is 3.19. The second-order valence-electron chi connectivity index (χ2n) is 5.55. The zero-order valence-corrected chi connectivity index (χ0v) is 14.4. The molecule has 1 unspecified atom stereocenters. The van der Waals surface area contributed by atoms with Crippen molar-refractivity contribution in [1.29, 1.82) is 0 Å². The number of benzene rings is 1. The molecule has 1 aromatic carbocycles. The van der Waals surface area contributed by atoms with Gasteiger partial charge in [0, 0.05) is 18.5 Å². The minimum atomic E-state index is -3.29. The van der Waals surface area contributed by atoms with Crippen LogP contribution in [-0.2, 0) is 16.3 Å². The number of hydrogen-bond acceptors (Lipinski definition) is 5. The number of sulfone groups is 1. The average molecular weight is 334 g/mol. The van der Waals surface area contributed by atoms with Crippen molar-refractivity contribution in [2.24, 2.45) is 0 Å². The largest absolute Gasteiger partial charge is 0.497 e. The van der Waals surface area contributed by atoms with Crippen LogP contribution in [0.4, 0.5) is 5.82 Å². The summed E-state index contributed by atoms with van der Waals surface area (Å²) in [6.45, 7) is 2.02. The maximum atomic E-state index is 11.8. The van der Waals surface area contributed by atoms with Crippen LogP contribution in [0.3, 0.4) is 0 Å². The summed E-state index contributed by atoms with van der Waals surface area (Å²) in [4.78, 5) is 4.39. The van der Waals surface area contributed by atoms with Crippen LogP contribution >= 0.6 is 0 Å². The smallest absolute Gasteiger partial charge is 0.179 e. The summed E-state index contributed by atoms with van der Waals surface area (Å²) in [6.07, 6.45) is 4.54. The molecule has 1 aromatic heterocycles. The lowest BCUT2D eigenvalue weighted by Gasteiger charge is -2.16. The number of ether oxygens (including phenoxy) is 1. The van der Waals surface area contributed by atoms with Gasteiger partial charge >= 0.3 is 0 Å². The summed E-state index contributed by atoms with van der Waals surface area (Å²) in [7, 11) is -1.65. The van der Waals surface area contributed by atoms with E-state index in [1.807, 2.05) is 31.2 Å². The molecule has 0 amide bonds. The summed E-state index contributed by atoms with van der Waals surface area (Å²) >= 11 is 0. The van der Waals surface area contributed by atoms with E-state index < -0.39 is 9.84 Å². The molecule has 1 heterocycles. The van der Waals surface area contributed by atoms with E-state index in [2.05, 4.69) is 10.3 Å². The van der Waals surface area contributed by atoms with Crippen LogP contribution in [0.2, 0.25) is 0 Å². The molecule has 0 bridgehead atoms. The molecule has 2 rings (SSSR count). The fourth-order valence-corrected chi connectivity index (χ4v) is 3.07. The Morgan fingerprint density at radius 1 is 1.22 bits per heavy atom. The second kappa shape index (κ2) is 7.46. The third-order valence-electron chi connectivity index (χ3n) is 3.58. The molecule has 0 saturated heterocycles. The summed E-state index contributed by atoms with van der Waals surface area (Å²) in [5.41, 5.74) is 1.21. The molecule has 0 saturated carbocycles. The molecular formula is C17H22N2O3S. The zero-order chi connectivity index (χ0) is 16.9. The molecule has 124 valence electrons. The Balaban J connectivity index is 1.98. The Bertz CT molecular complexity index is 743. The van der Waals surface area contributed by atoms with Gasteiger partial charge in [-0.2, -0.15) is 0 Å². The Hall–Kier alpha value is -2.08. The van der Waals surface area contributed by atoms with Gasteiger partial charge in [-0.3, -0.25) is 0 Å². The highest BCUT2D eigenvalue weighted by Gasteiger charge is 2.15. The lowest BCUT2D eigenvalue weighted by atomic mass is 10.1. The molecule has 0 aliphatic heterocycles. The van der Waals surface area contributed by atoms with Crippen LogP contribution in [0.15, 0.2) is 47.5 Å². The second-order valence-corrected chi connectivity index (χ2v) is 7.54. The first-order chi connectivity index (χ1) is 10.9. The fourth-order valence-electron chi connectivity index (χ4n) is 2.28.